The molecule has 0 atom stereocenters. The first kappa shape index (κ1) is 13.3. The van der Waals surface area contributed by atoms with E-state index in [9.17, 15) is 0 Å². The second kappa shape index (κ2) is 6.67. The van der Waals surface area contributed by atoms with Crippen LogP contribution in [0.4, 0.5) is 11.6 Å². The van der Waals surface area contributed by atoms with Crippen LogP contribution in [0.5, 0.6) is 0 Å². The molecule has 2 heterocycles. The molecule has 0 amide bonds. The van der Waals surface area contributed by atoms with Gasteiger partial charge in [-0.15, -0.1) is 0 Å². The largest absolute Gasteiger partial charge is 0.370 e. The molecular formula is C12H18N6O. The lowest BCUT2D eigenvalue weighted by Crippen LogP contribution is -2.11. The quantitative estimate of drug-likeness (QED) is 0.784. The lowest BCUT2D eigenvalue weighted by Gasteiger charge is -2.11. The minimum Gasteiger partial charge on any atom is -0.370 e. The molecule has 102 valence electrons. The van der Waals surface area contributed by atoms with E-state index in [0.29, 0.717) is 18.9 Å². The molecule has 0 saturated heterocycles. The van der Waals surface area contributed by atoms with Gasteiger partial charge in [-0.1, -0.05) is 12.1 Å². The van der Waals surface area contributed by atoms with E-state index in [1.54, 1.807) is 6.33 Å². The second-order valence-electron chi connectivity index (χ2n) is 4.13. The summed E-state index contributed by atoms with van der Waals surface area (Å²) < 4.78 is 4.93. The average Bonchev–Trinajstić information content (AvgIpc) is 2.92. The van der Waals surface area contributed by atoms with Gasteiger partial charge in [-0.05, 0) is 13.3 Å². The molecule has 7 nitrogen and oxygen atoms in total. The van der Waals surface area contributed by atoms with E-state index >= 15 is 0 Å². The minimum absolute atomic E-state index is 0.614. The van der Waals surface area contributed by atoms with E-state index < -0.39 is 0 Å². The molecule has 0 aliphatic rings. The van der Waals surface area contributed by atoms with Gasteiger partial charge in [0.2, 0.25) is 5.89 Å². The van der Waals surface area contributed by atoms with Crippen molar-refractivity contribution in [3.63, 3.8) is 0 Å². The molecule has 0 unspecified atom stereocenters. The monoisotopic (exact) mass is 262 g/mol. The zero-order chi connectivity index (χ0) is 13.5. The van der Waals surface area contributed by atoms with Crippen LogP contribution in [-0.2, 0) is 6.42 Å². The molecule has 0 fully saturated rings. The van der Waals surface area contributed by atoms with Gasteiger partial charge in [0.25, 0.3) is 0 Å². The predicted octanol–water partition coefficient (Wildman–Crippen LogP) is 1.64. The molecule has 0 aromatic carbocycles. The van der Waals surface area contributed by atoms with E-state index in [0.717, 1.165) is 30.2 Å². The normalized spacial score (nSPS) is 10.4. The summed E-state index contributed by atoms with van der Waals surface area (Å²) in [5.74, 6) is 2.31. The van der Waals surface area contributed by atoms with Gasteiger partial charge in [-0.3, -0.25) is 0 Å². The third-order valence-electron chi connectivity index (χ3n) is 2.66. The van der Waals surface area contributed by atoms with Gasteiger partial charge in [0.15, 0.2) is 6.33 Å². The van der Waals surface area contributed by atoms with Crippen LogP contribution in [0, 0.1) is 6.92 Å². The van der Waals surface area contributed by atoms with E-state index in [4.69, 9.17) is 4.52 Å². The SMILES string of the molecule is CCCNc1ncnc(NCCc2ncno2)c1C. The summed E-state index contributed by atoms with van der Waals surface area (Å²) in [5, 5.41) is 10.1. The average molecular weight is 262 g/mol. The molecule has 0 spiro atoms. The molecule has 7 heteroatoms. The fourth-order valence-electron chi connectivity index (χ4n) is 1.64. The topological polar surface area (TPSA) is 88.8 Å². The summed E-state index contributed by atoms with van der Waals surface area (Å²) in [4.78, 5) is 12.4. The third-order valence-corrected chi connectivity index (χ3v) is 2.66. The Morgan fingerprint density at radius 2 is 1.79 bits per heavy atom. The van der Waals surface area contributed by atoms with Crippen LogP contribution in [0.2, 0.25) is 0 Å². The number of nitrogens with zero attached hydrogens (tertiary/aromatic N) is 4. The van der Waals surface area contributed by atoms with Crippen molar-refractivity contribution in [1.29, 1.82) is 0 Å². The van der Waals surface area contributed by atoms with E-state index in [2.05, 4.69) is 37.7 Å². The first-order valence-electron chi connectivity index (χ1n) is 6.36. The Hall–Kier alpha value is -2.18. The number of nitrogens with one attached hydrogen (secondary N) is 2. The van der Waals surface area contributed by atoms with Crippen molar-refractivity contribution in [2.75, 3.05) is 23.7 Å². The summed E-state index contributed by atoms with van der Waals surface area (Å²) in [6, 6.07) is 0. The van der Waals surface area contributed by atoms with Crippen LogP contribution in [0.3, 0.4) is 0 Å². The second-order valence-corrected chi connectivity index (χ2v) is 4.13. The van der Waals surface area contributed by atoms with E-state index in [-0.39, 0.29) is 0 Å². The molecular weight excluding hydrogens is 244 g/mol. The Kier molecular flexibility index (Phi) is 4.66. The molecule has 0 radical (unpaired) electrons. The number of hydrogen-bond acceptors (Lipinski definition) is 7. The van der Waals surface area contributed by atoms with Crippen LogP contribution < -0.4 is 10.6 Å². The van der Waals surface area contributed by atoms with Crippen molar-refractivity contribution in [3.05, 3.63) is 24.1 Å². The molecule has 2 N–H and O–H groups in total. The maximum Gasteiger partial charge on any atom is 0.228 e. The van der Waals surface area contributed by atoms with Gasteiger partial charge in [0, 0.05) is 25.1 Å². The molecule has 19 heavy (non-hydrogen) atoms. The van der Waals surface area contributed by atoms with Crippen LogP contribution >= 0.6 is 0 Å². The highest BCUT2D eigenvalue weighted by atomic mass is 16.5. The summed E-state index contributed by atoms with van der Waals surface area (Å²) in [7, 11) is 0. The van der Waals surface area contributed by atoms with Crippen molar-refractivity contribution in [1.82, 2.24) is 20.1 Å². The maximum absolute atomic E-state index is 4.93. The van der Waals surface area contributed by atoms with Gasteiger partial charge in [-0.25, -0.2) is 9.97 Å². The van der Waals surface area contributed by atoms with Gasteiger partial charge >= 0.3 is 0 Å². The molecule has 2 aromatic rings. The summed E-state index contributed by atoms with van der Waals surface area (Å²) in [6.45, 7) is 5.70. The van der Waals surface area contributed by atoms with Crippen molar-refractivity contribution >= 4 is 11.6 Å². The number of rotatable bonds is 7. The smallest absolute Gasteiger partial charge is 0.228 e. The van der Waals surface area contributed by atoms with E-state index in [1.807, 2.05) is 6.92 Å². The predicted molar refractivity (Wildman–Crippen MR) is 72.0 cm³/mol. The Labute approximate surface area is 111 Å². The highest BCUT2D eigenvalue weighted by molar-refractivity contribution is 5.56. The van der Waals surface area contributed by atoms with Gasteiger partial charge in [-0.2, -0.15) is 4.98 Å². The standard InChI is InChI=1S/C12H18N6O/c1-3-5-13-11-9(2)12(17-7-16-11)14-6-4-10-15-8-18-19-10/h7-8H,3-6H2,1-2H3,(H2,13,14,16,17). The Balaban J connectivity index is 1.92. The van der Waals surface area contributed by atoms with Crippen LogP contribution in [0.15, 0.2) is 17.2 Å². The molecule has 0 saturated carbocycles. The van der Waals surface area contributed by atoms with Crippen molar-refractivity contribution in [2.24, 2.45) is 0 Å². The zero-order valence-corrected chi connectivity index (χ0v) is 11.2. The first-order chi connectivity index (χ1) is 9.31. The van der Waals surface area contributed by atoms with Crippen LogP contribution in [-0.4, -0.2) is 33.2 Å². The Morgan fingerprint density at radius 3 is 2.42 bits per heavy atom. The molecule has 2 aromatic heterocycles. The minimum atomic E-state index is 0.614. The van der Waals surface area contributed by atoms with Gasteiger partial charge < -0.3 is 15.2 Å². The highest BCUT2D eigenvalue weighted by Crippen LogP contribution is 2.17. The fraction of sp³-hybridized carbons (Fsp3) is 0.500. The highest BCUT2D eigenvalue weighted by Gasteiger charge is 2.06. The molecule has 0 aliphatic carbocycles. The number of anilines is 2. The summed E-state index contributed by atoms with van der Waals surface area (Å²) >= 11 is 0. The van der Waals surface area contributed by atoms with Crippen LogP contribution in [0.25, 0.3) is 0 Å². The molecule has 2 rings (SSSR count). The zero-order valence-electron chi connectivity index (χ0n) is 11.2. The molecule has 0 bridgehead atoms. The Morgan fingerprint density at radius 1 is 1.05 bits per heavy atom. The third kappa shape index (κ3) is 3.64. The number of aromatic nitrogens is 4. The molecule has 0 aliphatic heterocycles. The fourth-order valence-corrected chi connectivity index (χ4v) is 1.64. The van der Waals surface area contributed by atoms with Crippen molar-refractivity contribution in [3.8, 4) is 0 Å². The van der Waals surface area contributed by atoms with Crippen LogP contribution in [0.1, 0.15) is 24.8 Å². The maximum atomic E-state index is 4.93. The van der Waals surface area contributed by atoms with Gasteiger partial charge in [0.1, 0.15) is 18.0 Å². The first-order valence-corrected chi connectivity index (χ1v) is 6.36. The lowest BCUT2D eigenvalue weighted by atomic mass is 10.3. The lowest BCUT2D eigenvalue weighted by molar-refractivity contribution is 0.379. The number of hydrogen-bond donors (Lipinski definition) is 2. The van der Waals surface area contributed by atoms with E-state index in [1.165, 1.54) is 6.33 Å². The summed E-state index contributed by atoms with van der Waals surface area (Å²) in [6.07, 6.45) is 4.68. The van der Waals surface area contributed by atoms with Crippen molar-refractivity contribution < 1.29 is 4.52 Å². The summed E-state index contributed by atoms with van der Waals surface area (Å²) in [5.41, 5.74) is 1.02. The van der Waals surface area contributed by atoms with Crippen molar-refractivity contribution in [2.45, 2.75) is 26.7 Å². The van der Waals surface area contributed by atoms with Gasteiger partial charge in [0.05, 0.1) is 0 Å². The Bertz CT molecular complexity index is 499.